The number of hydrogen-bond acceptors (Lipinski definition) is 6. The van der Waals surface area contributed by atoms with Crippen LogP contribution in [0.5, 0.6) is 5.75 Å². The van der Waals surface area contributed by atoms with Crippen molar-refractivity contribution >= 4 is 33.7 Å². The molecule has 0 aromatic heterocycles. The summed E-state index contributed by atoms with van der Waals surface area (Å²) in [6.45, 7) is 8.88. The number of nitrogens with zero attached hydrogens (tertiary/aromatic N) is 2. The number of ether oxygens (including phenoxy) is 1. The van der Waals surface area contributed by atoms with Gasteiger partial charge >= 0.3 is 0 Å². The summed E-state index contributed by atoms with van der Waals surface area (Å²) in [6, 6.07) is 18.6. The van der Waals surface area contributed by atoms with Crippen LogP contribution >= 0.6 is 0 Å². The quantitative estimate of drug-likeness (QED) is 0.278. The molecule has 0 spiro atoms. The predicted octanol–water partition coefficient (Wildman–Crippen LogP) is 3.86. The number of sulfonamides is 1. The minimum atomic E-state index is -4.02. The van der Waals surface area contributed by atoms with Crippen molar-refractivity contribution in [2.75, 3.05) is 17.5 Å². The van der Waals surface area contributed by atoms with Crippen molar-refractivity contribution in [3.8, 4) is 5.75 Å². The molecular weight excluding hydrogens is 516 g/mol. The largest absolute Gasteiger partial charge is 0.484 e. The first-order chi connectivity index (χ1) is 18.5. The van der Waals surface area contributed by atoms with E-state index in [1.54, 1.807) is 48.5 Å². The van der Waals surface area contributed by atoms with Gasteiger partial charge in [0.1, 0.15) is 12.3 Å². The number of nitrogens with one attached hydrogen (secondary N) is 2. The van der Waals surface area contributed by atoms with Gasteiger partial charge < -0.3 is 10.1 Å². The van der Waals surface area contributed by atoms with Crippen LogP contribution in [0, 0.1) is 20.8 Å². The van der Waals surface area contributed by atoms with Gasteiger partial charge in [-0.1, -0.05) is 23.8 Å². The molecule has 10 heteroatoms. The zero-order chi connectivity index (χ0) is 28.6. The van der Waals surface area contributed by atoms with Crippen molar-refractivity contribution in [1.29, 1.82) is 0 Å². The monoisotopic (exact) mass is 550 g/mol. The summed E-state index contributed by atoms with van der Waals surface area (Å²) in [5, 5.41) is 6.72. The number of aryl methyl sites for hydroxylation is 3. The van der Waals surface area contributed by atoms with Gasteiger partial charge in [-0.3, -0.25) is 13.9 Å². The van der Waals surface area contributed by atoms with Crippen LogP contribution in [0.25, 0.3) is 0 Å². The third-order valence-corrected chi connectivity index (χ3v) is 7.57. The maximum absolute atomic E-state index is 13.5. The fourth-order valence-corrected chi connectivity index (χ4v) is 4.95. The Morgan fingerprint density at radius 1 is 0.923 bits per heavy atom. The molecule has 206 valence electrons. The highest BCUT2D eigenvalue weighted by molar-refractivity contribution is 7.92. The topological polar surface area (TPSA) is 117 Å². The molecule has 0 atom stereocenters. The average Bonchev–Trinajstić information content (AvgIpc) is 2.88. The van der Waals surface area contributed by atoms with E-state index in [0.717, 1.165) is 21.0 Å². The number of hydrazone groups is 1. The van der Waals surface area contributed by atoms with Crippen molar-refractivity contribution in [3.05, 3.63) is 89.0 Å². The van der Waals surface area contributed by atoms with Crippen LogP contribution in [-0.4, -0.2) is 45.6 Å². The lowest BCUT2D eigenvalue weighted by Crippen LogP contribution is -2.39. The molecule has 0 heterocycles. The maximum Gasteiger partial charge on any atom is 0.264 e. The van der Waals surface area contributed by atoms with E-state index < -0.39 is 22.5 Å². The van der Waals surface area contributed by atoms with Crippen molar-refractivity contribution in [2.24, 2.45) is 5.10 Å². The van der Waals surface area contributed by atoms with E-state index in [2.05, 4.69) is 15.8 Å². The standard InChI is InChI=1S/C29H34N4O5S/c1-20(2)31-29(35)19-38-26-12-9-24(10-13-26)17-30-32-28(34)18-33(25-11-8-22(4)23(5)16-25)39(36,37)27-14-6-21(3)7-15-27/h6-17,20H,18-19H2,1-5H3,(H,31,35)(H,32,34)/b30-17-. The fraction of sp³-hybridized carbons (Fsp3) is 0.276. The average molecular weight is 551 g/mol. The van der Waals surface area contributed by atoms with Crippen molar-refractivity contribution < 1.29 is 22.7 Å². The molecular formula is C29H34N4O5S. The molecule has 0 fully saturated rings. The zero-order valence-electron chi connectivity index (χ0n) is 22.8. The number of carbonyl (C=O) groups excluding carboxylic acids is 2. The van der Waals surface area contributed by atoms with Gasteiger partial charge in [0.2, 0.25) is 0 Å². The summed E-state index contributed by atoms with van der Waals surface area (Å²) < 4.78 is 33.6. The summed E-state index contributed by atoms with van der Waals surface area (Å²) in [4.78, 5) is 24.6. The normalized spacial score (nSPS) is 11.4. The Morgan fingerprint density at radius 2 is 1.59 bits per heavy atom. The van der Waals surface area contributed by atoms with Crippen LogP contribution < -0.4 is 19.8 Å². The Bertz CT molecular complexity index is 1430. The summed E-state index contributed by atoms with van der Waals surface area (Å²) in [5.74, 6) is -0.297. The van der Waals surface area contributed by atoms with Crippen LogP contribution in [0.3, 0.4) is 0 Å². The summed E-state index contributed by atoms with van der Waals surface area (Å²) in [5.41, 5.74) is 6.30. The number of hydrogen-bond donors (Lipinski definition) is 2. The molecule has 0 saturated heterocycles. The van der Waals surface area contributed by atoms with Crippen molar-refractivity contribution in [1.82, 2.24) is 10.7 Å². The van der Waals surface area contributed by atoms with Gasteiger partial charge in [0.05, 0.1) is 16.8 Å². The van der Waals surface area contributed by atoms with Gasteiger partial charge in [-0.15, -0.1) is 0 Å². The van der Waals surface area contributed by atoms with E-state index in [9.17, 15) is 18.0 Å². The van der Waals surface area contributed by atoms with Gasteiger partial charge in [-0.2, -0.15) is 5.10 Å². The lowest BCUT2D eigenvalue weighted by Gasteiger charge is -2.24. The lowest BCUT2D eigenvalue weighted by molar-refractivity contribution is -0.123. The van der Waals surface area contributed by atoms with Gasteiger partial charge in [0.15, 0.2) is 6.61 Å². The Hall–Kier alpha value is -4.18. The summed E-state index contributed by atoms with van der Waals surface area (Å²) in [6.07, 6.45) is 1.43. The molecule has 0 unspecified atom stereocenters. The Kier molecular flexibility index (Phi) is 9.84. The number of benzene rings is 3. The summed E-state index contributed by atoms with van der Waals surface area (Å²) in [7, 11) is -4.02. The van der Waals surface area contributed by atoms with E-state index in [4.69, 9.17) is 4.74 Å². The predicted molar refractivity (Wildman–Crippen MR) is 153 cm³/mol. The highest BCUT2D eigenvalue weighted by Crippen LogP contribution is 2.26. The third kappa shape index (κ3) is 8.41. The molecule has 2 amide bonds. The summed E-state index contributed by atoms with van der Waals surface area (Å²) >= 11 is 0. The molecule has 0 aliphatic carbocycles. The molecule has 0 saturated carbocycles. The smallest absolute Gasteiger partial charge is 0.264 e. The highest BCUT2D eigenvalue weighted by Gasteiger charge is 2.27. The Balaban J connectivity index is 1.69. The Labute approximate surface area is 229 Å². The first-order valence-electron chi connectivity index (χ1n) is 12.5. The second-order valence-electron chi connectivity index (χ2n) is 9.47. The van der Waals surface area contributed by atoms with Gasteiger partial charge in [0.25, 0.3) is 21.8 Å². The number of amides is 2. The number of rotatable bonds is 11. The minimum Gasteiger partial charge on any atom is -0.484 e. The van der Waals surface area contributed by atoms with Crippen molar-refractivity contribution in [3.63, 3.8) is 0 Å². The lowest BCUT2D eigenvalue weighted by atomic mass is 10.1. The van der Waals surface area contributed by atoms with Crippen LogP contribution in [-0.2, 0) is 19.6 Å². The third-order valence-electron chi connectivity index (χ3n) is 5.78. The van der Waals surface area contributed by atoms with Crippen molar-refractivity contribution in [2.45, 2.75) is 45.6 Å². The van der Waals surface area contributed by atoms with E-state index in [0.29, 0.717) is 17.0 Å². The molecule has 0 radical (unpaired) electrons. The molecule has 9 nitrogen and oxygen atoms in total. The molecule has 3 aromatic carbocycles. The fourth-order valence-electron chi connectivity index (χ4n) is 3.54. The van der Waals surface area contributed by atoms with E-state index in [1.165, 1.54) is 18.3 Å². The molecule has 3 aromatic rings. The SMILES string of the molecule is Cc1ccc(S(=O)(=O)N(CC(=O)N/N=C\c2ccc(OCC(=O)NC(C)C)cc2)c2ccc(C)c(C)c2)cc1. The second-order valence-corrected chi connectivity index (χ2v) is 11.3. The van der Waals surface area contributed by atoms with Crippen LogP contribution in [0.15, 0.2) is 76.7 Å². The van der Waals surface area contributed by atoms with Crippen LogP contribution in [0.4, 0.5) is 5.69 Å². The van der Waals surface area contributed by atoms with Crippen LogP contribution in [0.1, 0.15) is 36.1 Å². The van der Waals surface area contributed by atoms with Gasteiger partial charge in [0, 0.05) is 6.04 Å². The molecule has 2 N–H and O–H groups in total. The maximum atomic E-state index is 13.5. The molecule has 0 aliphatic rings. The van der Waals surface area contributed by atoms with Gasteiger partial charge in [-0.25, -0.2) is 13.8 Å². The molecule has 0 bridgehead atoms. The highest BCUT2D eigenvalue weighted by atomic mass is 32.2. The molecule has 3 rings (SSSR count). The van der Waals surface area contributed by atoms with Crippen LogP contribution in [0.2, 0.25) is 0 Å². The first kappa shape index (κ1) is 29.4. The molecule has 39 heavy (non-hydrogen) atoms. The molecule has 0 aliphatic heterocycles. The van der Waals surface area contributed by atoms with Gasteiger partial charge in [-0.05, 0) is 99.8 Å². The minimum absolute atomic E-state index is 0.0331. The zero-order valence-corrected chi connectivity index (χ0v) is 23.6. The Morgan fingerprint density at radius 3 is 2.21 bits per heavy atom. The number of anilines is 1. The first-order valence-corrected chi connectivity index (χ1v) is 13.9. The number of carbonyl (C=O) groups is 2. The second kappa shape index (κ2) is 13.1. The van der Waals surface area contributed by atoms with E-state index in [-0.39, 0.29) is 23.5 Å². The van der Waals surface area contributed by atoms with E-state index in [1.807, 2.05) is 40.7 Å². The van der Waals surface area contributed by atoms with E-state index >= 15 is 0 Å².